The third-order valence-corrected chi connectivity index (χ3v) is 12.1. The van der Waals surface area contributed by atoms with Crippen molar-refractivity contribution < 1.29 is 23.8 Å². The second-order valence-corrected chi connectivity index (χ2v) is 14.1. The van der Waals surface area contributed by atoms with Crippen molar-refractivity contribution in [2.24, 2.45) is 46.3 Å². The van der Waals surface area contributed by atoms with Gasteiger partial charge in [-0.1, -0.05) is 39.3 Å². The van der Waals surface area contributed by atoms with Crippen molar-refractivity contribution >= 4 is 11.9 Å². The number of methoxy groups -OCH3 is 1. The molecule has 0 radical (unpaired) electrons. The first kappa shape index (κ1) is 28.1. The SMILES string of the molecule is CO[C@]1(CCC(C)CNC(C)=O)OC2C[C@H]3[C@@H]4CC=C5C[C@H](OC(C)=O)CC[C@]5(C)[C@H]4CC[C@]3(C)[C@H]2C1C. The third-order valence-electron chi connectivity index (χ3n) is 12.1. The van der Waals surface area contributed by atoms with Crippen molar-refractivity contribution in [3.05, 3.63) is 11.6 Å². The van der Waals surface area contributed by atoms with Crippen LogP contribution in [-0.2, 0) is 23.8 Å². The van der Waals surface area contributed by atoms with Crippen LogP contribution >= 0.6 is 0 Å². The molecule has 1 heterocycles. The Bertz CT molecular complexity index is 963. The van der Waals surface area contributed by atoms with Crippen LogP contribution in [0.4, 0.5) is 0 Å². The number of fused-ring (bicyclic) bond motifs is 7. The standard InChI is InChI=1S/C32H51NO5/c1-19(18-33-21(3)34)10-15-32(36-7)20(2)29-28(38-32)17-27-25-9-8-23-16-24(37-22(4)35)11-13-30(23,5)26(25)12-14-31(27,29)6/h8,19-20,24-29H,9-18H2,1-7H3,(H,33,34)/t19?,20?,24-,25-,26+,27+,28?,29+,30+,31+,32-/m1/s1. The number of nitrogens with one attached hydrogen (secondary N) is 1. The number of carbonyl (C=O) groups excluding carboxylic acids is 2. The van der Waals surface area contributed by atoms with Gasteiger partial charge in [-0.3, -0.25) is 9.59 Å². The van der Waals surface area contributed by atoms with Crippen molar-refractivity contribution in [3.8, 4) is 0 Å². The highest BCUT2D eigenvalue weighted by Gasteiger charge is 2.68. The highest BCUT2D eigenvalue weighted by Crippen LogP contribution is 2.70. The van der Waals surface area contributed by atoms with Gasteiger partial charge in [-0.2, -0.15) is 0 Å². The van der Waals surface area contributed by atoms with Crippen molar-refractivity contribution in [1.29, 1.82) is 0 Å². The Labute approximate surface area is 230 Å². The first-order valence-corrected chi connectivity index (χ1v) is 15.3. The molecule has 1 amide bonds. The van der Waals surface area contributed by atoms with Crippen molar-refractivity contribution in [3.63, 3.8) is 0 Å². The highest BCUT2D eigenvalue weighted by molar-refractivity contribution is 5.72. The van der Waals surface area contributed by atoms with Crippen LogP contribution in [0.1, 0.15) is 99.3 Å². The maximum Gasteiger partial charge on any atom is 0.302 e. The zero-order valence-corrected chi connectivity index (χ0v) is 24.8. The van der Waals surface area contributed by atoms with Gasteiger partial charge in [0, 0.05) is 46.3 Å². The number of hydrogen-bond acceptors (Lipinski definition) is 5. The first-order valence-electron chi connectivity index (χ1n) is 15.3. The Hall–Kier alpha value is -1.40. The van der Waals surface area contributed by atoms with E-state index in [0.29, 0.717) is 36.1 Å². The summed E-state index contributed by atoms with van der Waals surface area (Å²) in [7, 11) is 1.83. The maximum absolute atomic E-state index is 11.6. The summed E-state index contributed by atoms with van der Waals surface area (Å²) in [5.74, 6) is 2.74. The molecule has 3 unspecified atom stereocenters. The van der Waals surface area contributed by atoms with E-state index in [9.17, 15) is 9.59 Å². The lowest BCUT2D eigenvalue weighted by molar-refractivity contribution is -0.238. The van der Waals surface area contributed by atoms with Gasteiger partial charge >= 0.3 is 5.97 Å². The maximum atomic E-state index is 11.6. The van der Waals surface area contributed by atoms with Gasteiger partial charge in [0.05, 0.1) is 6.10 Å². The first-order chi connectivity index (χ1) is 17.9. The summed E-state index contributed by atoms with van der Waals surface area (Å²) in [6.07, 6.45) is 12.6. The van der Waals surface area contributed by atoms with E-state index in [4.69, 9.17) is 14.2 Å². The fourth-order valence-corrected chi connectivity index (χ4v) is 10.1. The Balaban J connectivity index is 1.30. The van der Waals surface area contributed by atoms with Crippen LogP contribution in [-0.4, -0.2) is 43.5 Å². The molecule has 3 saturated carbocycles. The van der Waals surface area contributed by atoms with Crippen LogP contribution in [0.15, 0.2) is 11.6 Å². The lowest BCUT2D eigenvalue weighted by Gasteiger charge is -2.58. The van der Waals surface area contributed by atoms with Gasteiger partial charge in [0.15, 0.2) is 5.79 Å². The highest BCUT2D eigenvalue weighted by atomic mass is 16.7. The average Bonchev–Trinajstić information content (AvgIpc) is 3.31. The molecule has 1 N–H and O–H groups in total. The summed E-state index contributed by atoms with van der Waals surface area (Å²) in [6.45, 7) is 13.5. The fourth-order valence-electron chi connectivity index (χ4n) is 10.1. The Morgan fingerprint density at radius 1 is 1.18 bits per heavy atom. The van der Waals surface area contributed by atoms with E-state index in [2.05, 4.69) is 39.1 Å². The molecule has 11 atom stereocenters. The van der Waals surface area contributed by atoms with E-state index in [1.807, 2.05) is 7.11 Å². The molecule has 0 aromatic rings. The number of hydrogen-bond donors (Lipinski definition) is 1. The summed E-state index contributed by atoms with van der Waals surface area (Å²) in [5.41, 5.74) is 2.07. The van der Waals surface area contributed by atoms with E-state index < -0.39 is 5.79 Å². The van der Waals surface area contributed by atoms with Crippen molar-refractivity contribution in [2.75, 3.05) is 13.7 Å². The molecule has 1 aliphatic heterocycles. The van der Waals surface area contributed by atoms with Crippen molar-refractivity contribution in [2.45, 2.75) is 117 Å². The van der Waals surface area contributed by atoms with Gasteiger partial charge in [-0.25, -0.2) is 0 Å². The second kappa shape index (κ2) is 10.2. The van der Waals surface area contributed by atoms with E-state index >= 15 is 0 Å². The lowest BCUT2D eigenvalue weighted by Crippen LogP contribution is -2.52. The quantitative estimate of drug-likeness (QED) is 0.322. The van der Waals surface area contributed by atoms with Crippen LogP contribution in [0.3, 0.4) is 0 Å². The molecule has 1 saturated heterocycles. The Kier molecular flexibility index (Phi) is 7.56. The number of rotatable bonds is 7. The molecule has 5 rings (SSSR count). The number of amides is 1. The van der Waals surface area contributed by atoms with Crippen LogP contribution in [0.2, 0.25) is 0 Å². The molecule has 0 bridgehead atoms. The number of allylic oxidation sites excluding steroid dienone is 1. The molecule has 5 aliphatic rings. The van der Waals surface area contributed by atoms with Gasteiger partial charge in [-0.05, 0) is 85.4 Å². The lowest BCUT2D eigenvalue weighted by atomic mass is 9.47. The van der Waals surface area contributed by atoms with E-state index in [1.54, 1.807) is 12.5 Å². The molecule has 6 heteroatoms. The molecule has 4 aliphatic carbocycles. The van der Waals surface area contributed by atoms with Gasteiger partial charge < -0.3 is 19.5 Å². The molecular weight excluding hydrogens is 478 g/mol. The zero-order valence-electron chi connectivity index (χ0n) is 24.8. The van der Waals surface area contributed by atoms with Crippen LogP contribution in [0.5, 0.6) is 0 Å². The summed E-state index contributed by atoms with van der Waals surface area (Å²) in [4.78, 5) is 22.9. The normalized spacial score (nSPS) is 46.2. The van der Waals surface area contributed by atoms with Gasteiger partial charge in [0.1, 0.15) is 6.10 Å². The predicted octanol–water partition coefficient (Wildman–Crippen LogP) is 6.04. The summed E-state index contributed by atoms with van der Waals surface area (Å²) in [6, 6.07) is 0. The van der Waals surface area contributed by atoms with E-state index in [0.717, 1.165) is 50.9 Å². The van der Waals surface area contributed by atoms with E-state index in [-0.39, 0.29) is 34.9 Å². The molecule has 0 aromatic heterocycles. The minimum absolute atomic E-state index is 0.0314. The minimum atomic E-state index is -0.522. The average molecular weight is 530 g/mol. The van der Waals surface area contributed by atoms with Crippen LogP contribution < -0.4 is 5.32 Å². The van der Waals surface area contributed by atoms with Gasteiger partial charge in [0.2, 0.25) is 5.91 Å². The van der Waals surface area contributed by atoms with Gasteiger partial charge in [-0.15, -0.1) is 0 Å². The topological polar surface area (TPSA) is 73.9 Å². The largest absolute Gasteiger partial charge is 0.462 e. The molecule has 214 valence electrons. The smallest absolute Gasteiger partial charge is 0.302 e. The predicted molar refractivity (Wildman–Crippen MR) is 147 cm³/mol. The monoisotopic (exact) mass is 529 g/mol. The number of ether oxygens (including phenoxy) is 3. The summed E-state index contributed by atoms with van der Waals surface area (Å²) in [5, 5.41) is 2.96. The molecule has 4 fully saturated rings. The zero-order chi connectivity index (χ0) is 27.5. The Morgan fingerprint density at radius 2 is 1.95 bits per heavy atom. The van der Waals surface area contributed by atoms with Gasteiger partial charge in [0.25, 0.3) is 0 Å². The fraction of sp³-hybridized carbons (Fsp3) is 0.875. The Morgan fingerprint density at radius 3 is 2.63 bits per heavy atom. The summed E-state index contributed by atoms with van der Waals surface area (Å²) < 4.78 is 18.8. The molecule has 0 spiro atoms. The minimum Gasteiger partial charge on any atom is -0.462 e. The van der Waals surface area contributed by atoms with Crippen LogP contribution in [0, 0.1) is 46.3 Å². The van der Waals surface area contributed by atoms with Crippen LogP contribution in [0.25, 0.3) is 0 Å². The third kappa shape index (κ3) is 4.56. The molecule has 6 nitrogen and oxygen atoms in total. The molecule has 0 aromatic carbocycles. The van der Waals surface area contributed by atoms with E-state index in [1.165, 1.54) is 19.8 Å². The molecule has 38 heavy (non-hydrogen) atoms. The molecular formula is C32H51NO5. The van der Waals surface area contributed by atoms with Crippen molar-refractivity contribution in [1.82, 2.24) is 5.32 Å². The number of carbonyl (C=O) groups is 2. The summed E-state index contributed by atoms with van der Waals surface area (Å²) >= 11 is 0. The number of esters is 1. The second-order valence-electron chi connectivity index (χ2n) is 14.1.